The molecule has 1 aliphatic rings. The third-order valence-corrected chi connectivity index (χ3v) is 3.76. The van der Waals surface area contributed by atoms with Crippen molar-refractivity contribution in [1.29, 1.82) is 0 Å². The van der Waals surface area contributed by atoms with Crippen LogP contribution in [0.5, 0.6) is 5.75 Å². The summed E-state index contributed by atoms with van der Waals surface area (Å²) in [5.74, 6) is 0.157. The van der Waals surface area contributed by atoms with Crippen LogP contribution < -0.4 is 5.32 Å². The number of phenols is 1. The number of rotatable bonds is 1. The monoisotopic (exact) mass is 346 g/mol. The Morgan fingerprint density at radius 2 is 2.35 bits per heavy atom. The van der Waals surface area contributed by atoms with Crippen LogP contribution >= 0.6 is 22.6 Å². The van der Waals surface area contributed by atoms with Crippen LogP contribution in [-0.4, -0.2) is 41.6 Å². The van der Waals surface area contributed by atoms with Crippen LogP contribution in [0.1, 0.15) is 17.3 Å². The molecule has 1 atom stereocenters. The maximum absolute atomic E-state index is 12.2. The van der Waals surface area contributed by atoms with Gasteiger partial charge in [-0.15, -0.1) is 0 Å². The number of hydrogen-bond acceptors (Lipinski definition) is 3. The molecule has 1 heterocycles. The van der Waals surface area contributed by atoms with E-state index in [2.05, 4.69) is 12.2 Å². The molecule has 2 N–H and O–H groups in total. The highest BCUT2D eigenvalue weighted by Gasteiger charge is 2.21. The lowest BCUT2D eigenvalue weighted by molar-refractivity contribution is 0.0708. The Morgan fingerprint density at radius 3 is 3.00 bits per heavy atom. The summed E-state index contributed by atoms with van der Waals surface area (Å²) in [6.45, 7) is 4.32. The second-order valence-corrected chi connectivity index (χ2v) is 5.43. The van der Waals surface area contributed by atoms with Crippen LogP contribution in [0.4, 0.5) is 0 Å². The second-order valence-electron chi connectivity index (χ2n) is 4.27. The molecule has 2 rings (SSSR count). The first kappa shape index (κ1) is 12.6. The SMILES string of the molecule is C[C@@H]1CN(C(=O)c2ccc(I)c(O)c2)CCN1. The number of piperazine rings is 1. The van der Waals surface area contributed by atoms with E-state index in [1.165, 1.54) is 6.07 Å². The fourth-order valence-corrected chi connectivity index (χ4v) is 2.28. The van der Waals surface area contributed by atoms with E-state index < -0.39 is 0 Å². The number of amides is 1. The smallest absolute Gasteiger partial charge is 0.254 e. The number of carbonyl (C=O) groups is 1. The van der Waals surface area contributed by atoms with Crippen LogP contribution in [0.25, 0.3) is 0 Å². The molecule has 5 heteroatoms. The molecule has 1 saturated heterocycles. The van der Waals surface area contributed by atoms with Crippen molar-refractivity contribution in [1.82, 2.24) is 10.2 Å². The summed E-state index contributed by atoms with van der Waals surface area (Å²) < 4.78 is 0.757. The average molecular weight is 346 g/mol. The van der Waals surface area contributed by atoms with Crippen LogP contribution in [0, 0.1) is 3.57 Å². The van der Waals surface area contributed by atoms with Gasteiger partial charge in [0.15, 0.2) is 0 Å². The third kappa shape index (κ3) is 2.90. The maximum atomic E-state index is 12.2. The van der Waals surface area contributed by atoms with E-state index >= 15 is 0 Å². The van der Waals surface area contributed by atoms with Gasteiger partial charge in [0.05, 0.1) is 3.57 Å². The summed E-state index contributed by atoms with van der Waals surface area (Å²) in [5.41, 5.74) is 0.553. The standard InChI is InChI=1S/C12H15IN2O2/c1-8-7-15(5-4-14-8)12(17)9-2-3-10(13)11(16)6-9/h2-3,6,8,14,16H,4-5,7H2,1H3/t8-/m1/s1. The largest absolute Gasteiger partial charge is 0.507 e. The first-order valence-electron chi connectivity index (χ1n) is 5.59. The predicted molar refractivity (Wildman–Crippen MR) is 74.2 cm³/mol. The van der Waals surface area contributed by atoms with Crippen molar-refractivity contribution in [2.24, 2.45) is 0 Å². The topological polar surface area (TPSA) is 52.6 Å². The molecule has 17 heavy (non-hydrogen) atoms. The van der Waals surface area contributed by atoms with Crippen LogP contribution in [0.3, 0.4) is 0 Å². The zero-order valence-electron chi connectivity index (χ0n) is 9.61. The Hall–Kier alpha value is -0.820. The molecule has 0 aliphatic carbocycles. The summed E-state index contributed by atoms with van der Waals surface area (Å²) in [4.78, 5) is 14.0. The Balaban J connectivity index is 2.15. The molecular weight excluding hydrogens is 331 g/mol. The molecule has 1 fully saturated rings. The van der Waals surface area contributed by atoms with Crippen LogP contribution in [0.15, 0.2) is 18.2 Å². The third-order valence-electron chi connectivity index (χ3n) is 2.85. The summed E-state index contributed by atoms with van der Waals surface area (Å²) in [6, 6.07) is 5.38. The Kier molecular flexibility index (Phi) is 3.88. The van der Waals surface area contributed by atoms with Crippen molar-refractivity contribution < 1.29 is 9.90 Å². The summed E-state index contributed by atoms with van der Waals surface area (Å²) in [5, 5.41) is 12.9. The average Bonchev–Trinajstić information content (AvgIpc) is 2.32. The van der Waals surface area contributed by atoms with Gasteiger partial charge in [0.25, 0.3) is 5.91 Å². The predicted octanol–water partition coefficient (Wildman–Crippen LogP) is 1.43. The van der Waals surface area contributed by atoms with E-state index in [9.17, 15) is 9.90 Å². The van der Waals surface area contributed by atoms with Crippen molar-refractivity contribution in [3.63, 3.8) is 0 Å². The van der Waals surface area contributed by atoms with Gasteiger partial charge < -0.3 is 15.3 Å². The lowest BCUT2D eigenvalue weighted by Crippen LogP contribution is -2.51. The van der Waals surface area contributed by atoms with E-state index in [1.54, 1.807) is 12.1 Å². The fraction of sp³-hybridized carbons (Fsp3) is 0.417. The Labute approximate surface area is 114 Å². The highest BCUT2D eigenvalue weighted by molar-refractivity contribution is 14.1. The number of benzene rings is 1. The van der Waals surface area contributed by atoms with Gasteiger partial charge in [-0.3, -0.25) is 4.79 Å². The minimum absolute atomic E-state index is 0.00921. The molecule has 1 amide bonds. The number of aromatic hydroxyl groups is 1. The number of nitrogens with one attached hydrogen (secondary N) is 1. The Morgan fingerprint density at radius 1 is 1.59 bits per heavy atom. The second kappa shape index (κ2) is 5.22. The first-order chi connectivity index (χ1) is 8.08. The fourth-order valence-electron chi connectivity index (χ4n) is 1.95. The maximum Gasteiger partial charge on any atom is 0.254 e. The van der Waals surface area contributed by atoms with Gasteiger partial charge >= 0.3 is 0 Å². The highest BCUT2D eigenvalue weighted by Crippen LogP contribution is 2.21. The minimum Gasteiger partial charge on any atom is -0.507 e. The number of halogens is 1. The van der Waals surface area contributed by atoms with Gasteiger partial charge in [0.1, 0.15) is 5.75 Å². The number of nitrogens with zero attached hydrogens (tertiary/aromatic N) is 1. The molecule has 1 aliphatic heterocycles. The molecule has 0 unspecified atom stereocenters. The summed E-state index contributed by atoms with van der Waals surface area (Å²) in [6.07, 6.45) is 0. The van der Waals surface area contributed by atoms with E-state index in [1.807, 2.05) is 27.5 Å². The Bertz CT molecular complexity index is 437. The van der Waals surface area contributed by atoms with Gasteiger partial charge in [0.2, 0.25) is 0 Å². The molecule has 0 spiro atoms. The molecule has 0 saturated carbocycles. The minimum atomic E-state index is -0.00921. The molecule has 0 radical (unpaired) electrons. The number of carbonyl (C=O) groups excluding carboxylic acids is 1. The van der Waals surface area contributed by atoms with E-state index in [0.717, 1.165) is 16.7 Å². The van der Waals surface area contributed by atoms with Crippen molar-refractivity contribution >= 4 is 28.5 Å². The zero-order valence-corrected chi connectivity index (χ0v) is 11.8. The summed E-state index contributed by atoms with van der Waals surface area (Å²) >= 11 is 2.04. The van der Waals surface area contributed by atoms with Crippen molar-refractivity contribution in [2.75, 3.05) is 19.6 Å². The lowest BCUT2D eigenvalue weighted by atomic mass is 10.1. The molecule has 92 valence electrons. The normalized spacial score (nSPS) is 20.4. The number of phenolic OH excluding ortho intramolecular Hbond substituents is 1. The first-order valence-corrected chi connectivity index (χ1v) is 6.67. The molecule has 1 aromatic carbocycles. The van der Waals surface area contributed by atoms with Gasteiger partial charge in [-0.05, 0) is 47.7 Å². The molecular formula is C12H15IN2O2. The van der Waals surface area contributed by atoms with E-state index in [0.29, 0.717) is 18.2 Å². The molecule has 4 nitrogen and oxygen atoms in total. The van der Waals surface area contributed by atoms with Gasteiger partial charge in [-0.1, -0.05) is 0 Å². The van der Waals surface area contributed by atoms with Gasteiger partial charge in [0, 0.05) is 31.2 Å². The van der Waals surface area contributed by atoms with Crippen molar-refractivity contribution in [3.05, 3.63) is 27.3 Å². The number of hydrogen-bond donors (Lipinski definition) is 2. The molecule has 0 bridgehead atoms. The molecule has 0 aromatic heterocycles. The summed E-state index contributed by atoms with van der Waals surface area (Å²) in [7, 11) is 0. The van der Waals surface area contributed by atoms with E-state index in [4.69, 9.17) is 0 Å². The van der Waals surface area contributed by atoms with Gasteiger partial charge in [-0.25, -0.2) is 0 Å². The van der Waals surface area contributed by atoms with Gasteiger partial charge in [-0.2, -0.15) is 0 Å². The van der Waals surface area contributed by atoms with E-state index in [-0.39, 0.29) is 11.7 Å². The zero-order chi connectivity index (χ0) is 12.4. The van der Waals surface area contributed by atoms with Crippen molar-refractivity contribution in [2.45, 2.75) is 13.0 Å². The highest BCUT2D eigenvalue weighted by atomic mass is 127. The quantitative estimate of drug-likeness (QED) is 0.757. The van der Waals surface area contributed by atoms with Crippen LogP contribution in [0.2, 0.25) is 0 Å². The molecule has 1 aromatic rings. The van der Waals surface area contributed by atoms with Crippen molar-refractivity contribution in [3.8, 4) is 5.75 Å². The van der Waals surface area contributed by atoms with Crippen LogP contribution in [-0.2, 0) is 0 Å². The lowest BCUT2D eigenvalue weighted by Gasteiger charge is -2.32.